The second-order valence-corrected chi connectivity index (χ2v) is 6.89. The van der Waals surface area contributed by atoms with E-state index in [2.05, 4.69) is 20.5 Å². The normalized spacial score (nSPS) is 12.4. The third-order valence-electron chi connectivity index (χ3n) is 3.10. The lowest BCUT2D eigenvalue weighted by molar-refractivity contribution is 0.103. The fraction of sp³-hybridized carbons (Fsp3) is 0.143. The maximum atomic E-state index is 12.2. The van der Waals surface area contributed by atoms with Crippen molar-refractivity contribution >= 4 is 33.7 Å². The Bertz CT molecular complexity index is 890. The number of carbonyl (C=O) groups excluding carboxylic acids is 1. The zero-order valence-corrected chi connectivity index (χ0v) is 13.5. The summed E-state index contributed by atoms with van der Waals surface area (Å²) in [5.74, 6) is 1.16. The van der Waals surface area contributed by atoms with Crippen molar-refractivity contribution in [3.05, 3.63) is 34.3 Å². The summed E-state index contributed by atoms with van der Waals surface area (Å²) in [6.45, 7) is 2.06. The van der Waals surface area contributed by atoms with E-state index >= 15 is 0 Å². The third-order valence-corrected chi connectivity index (χ3v) is 4.89. The molecule has 1 N–H and O–H groups in total. The van der Waals surface area contributed by atoms with Gasteiger partial charge in [0.25, 0.3) is 5.91 Å². The van der Waals surface area contributed by atoms with Crippen molar-refractivity contribution in [1.29, 1.82) is 0 Å². The molecule has 0 bridgehead atoms. The van der Waals surface area contributed by atoms with Crippen molar-refractivity contribution in [1.82, 2.24) is 15.2 Å². The molecule has 1 amide bonds. The van der Waals surface area contributed by atoms with E-state index in [4.69, 9.17) is 9.47 Å². The standard InChI is InChI=1S/C14H10N4O3S2/c1-7-17-18-14(22-7)16-12(19)11-5-15-13(23-11)8-2-3-9-10(4-8)21-6-20-9/h2-5H,6H2,1H3,(H,16,18,19). The molecule has 0 aliphatic carbocycles. The smallest absolute Gasteiger partial charge is 0.269 e. The number of nitrogens with zero attached hydrogens (tertiary/aromatic N) is 3. The molecule has 9 heteroatoms. The minimum absolute atomic E-state index is 0.228. The molecule has 1 aliphatic rings. The van der Waals surface area contributed by atoms with Crippen LogP contribution in [0.5, 0.6) is 11.5 Å². The van der Waals surface area contributed by atoms with Gasteiger partial charge in [0.15, 0.2) is 11.5 Å². The van der Waals surface area contributed by atoms with Crippen molar-refractivity contribution in [2.45, 2.75) is 6.92 Å². The number of benzene rings is 1. The summed E-state index contributed by atoms with van der Waals surface area (Å²) in [5.41, 5.74) is 0.880. The Morgan fingerprint density at radius 3 is 2.91 bits per heavy atom. The first-order valence-corrected chi connectivity index (χ1v) is 8.29. The van der Waals surface area contributed by atoms with E-state index < -0.39 is 0 Å². The summed E-state index contributed by atoms with van der Waals surface area (Å²) < 4.78 is 10.6. The molecular formula is C14H10N4O3S2. The molecule has 0 saturated carbocycles. The monoisotopic (exact) mass is 346 g/mol. The van der Waals surface area contributed by atoms with Gasteiger partial charge in [-0.15, -0.1) is 21.5 Å². The number of ether oxygens (including phenoxy) is 2. The molecule has 0 radical (unpaired) electrons. The highest BCUT2D eigenvalue weighted by molar-refractivity contribution is 7.17. The molecular weight excluding hydrogens is 336 g/mol. The van der Waals surface area contributed by atoms with Gasteiger partial charge in [0.1, 0.15) is 14.9 Å². The minimum Gasteiger partial charge on any atom is -0.454 e. The van der Waals surface area contributed by atoms with Gasteiger partial charge in [-0.1, -0.05) is 11.3 Å². The molecule has 0 unspecified atom stereocenters. The summed E-state index contributed by atoms with van der Waals surface area (Å²) in [4.78, 5) is 17.0. The Morgan fingerprint density at radius 2 is 2.09 bits per heavy atom. The molecule has 2 aromatic heterocycles. The number of aryl methyl sites for hydroxylation is 1. The van der Waals surface area contributed by atoms with Crippen molar-refractivity contribution in [3.8, 4) is 22.1 Å². The van der Waals surface area contributed by atoms with Crippen LogP contribution in [0, 0.1) is 6.92 Å². The summed E-state index contributed by atoms with van der Waals surface area (Å²) in [5, 5.41) is 12.5. The number of aromatic nitrogens is 3. The van der Waals surface area contributed by atoms with E-state index in [1.165, 1.54) is 22.7 Å². The first-order valence-electron chi connectivity index (χ1n) is 6.66. The molecule has 0 saturated heterocycles. The number of fused-ring (bicyclic) bond motifs is 1. The molecule has 0 fully saturated rings. The van der Waals surface area contributed by atoms with Crippen molar-refractivity contribution in [2.24, 2.45) is 0 Å². The molecule has 3 aromatic rings. The van der Waals surface area contributed by atoms with Gasteiger partial charge in [-0.05, 0) is 25.1 Å². The predicted molar refractivity (Wildman–Crippen MR) is 86.3 cm³/mol. The van der Waals surface area contributed by atoms with E-state index in [1.807, 2.05) is 25.1 Å². The number of nitrogens with one attached hydrogen (secondary N) is 1. The summed E-state index contributed by atoms with van der Waals surface area (Å²) in [7, 11) is 0. The van der Waals surface area contributed by atoms with E-state index in [0.717, 1.165) is 21.3 Å². The number of amides is 1. The number of thiazole rings is 1. The molecule has 4 rings (SSSR count). The Hall–Kier alpha value is -2.52. The quantitative estimate of drug-likeness (QED) is 0.785. The van der Waals surface area contributed by atoms with Gasteiger partial charge >= 0.3 is 0 Å². The Morgan fingerprint density at radius 1 is 1.22 bits per heavy atom. The second kappa shape index (κ2) is 5.60. The highest BCUT2D eigenvalue weighted by Gasteiger charge is 2.17. The molecule has 0 spiro atoms. The topological polar surface area (TPSA) is 86.2 Å². The summed E-state index contributed by atoms with van der Waals surface area (Å²) in [6, 6.07) is 5.59. The van der Waals surface area contributed by atoms with Gasteiger partial charge in [0, 0.05) is 5.56 Å². The zero-order valence-electron chi connectivity index (χ0n) is 11.9. The lowest BCUT2D eigenvalue weighted by atomic mass is 10.2. The largest absolute Gasteiger partial charge is 0.454 e. The fourth-order valence-corrected chi connectivity index (χ4v) is 3.44. The highest BCUT2D eigenvalue weighted by atomic mass is 32.1. The average Bonchev–Trinajstić information content (AvgIpc) is 3.26. The van der Waals surface area contributed by atoms with Crippen LogP contribution in [0.15, 0.2) is 24.4 Å². The van der Waals surface area contributed by atoms with Gasteiger partial charge in [0.2, 0.25) is 11.9 Å². The van der Waals surface area contributed by atoms with Crippen molar-refractivity contribution in [3.63, 3.8) is 0 Å². The van der Waals surface area contributed by atoms with Crippen LogP contribution in [-0.2, 0) is 0 Å². The number of anilines is 1. The maximum Gasteiger partial charge on any atom is 0.269 e. The number of hydrogen-bond acceptors (Lipinski definition) is 8. The van der Waals surface area contributed by atoms with Gasteiger partial charge in [-0.3, -0.25) is 10.1 Å². The van der Waals surface area contributed by atoms with Gasteiger partial charge in [-0.25, -0.2) is 4.98 Å². The van der Waals surface area contributed by atoms with Crippen LogP contribution in [0.2, 0.25) is 0 Å². The number of rotatable bonds is 3. The van der Waals surface area contributed by atoms with Crippen LogP contribution in [0.4, 0.5) is 5.13 Å². The SMILES string of the molecule is Cc1nnc(NC(=O)c2cnc(-c3ccc4c(c3)OCO4)s2)s1. The third kappa shape index (κ3) is 2.76. The Labute approximate surface area is 138 Å². The Kier molecular flexibility index (Phi) is 3.43. The van der Waals surface area contributed by atoms with Crippen molar-refractivity contribution < 1.29 is 14.3 Å². The second-order valence-electron chi connectivity index (χ2n) is 4.68. The molecule has 1 aromatic carbocycles. The van der Waals surface area contributed by atoms with Gasteiger partial charge in [0.05, 0.1) is 6.20 Å². The van der Waals surface area contributed by atoms with Crippen LogP contribution in [0.1, 0.15) is 14.7 Å². The van der Waals surface area contributed by atoms with E-state index in [-0.39, 0.29) is 12.7 Å². The lowest BCUT2D eigenvalue weighted by Crippen LogP contribution is -2.09. The van der Waals surface area contributed by atoms with Crippen molar-refractivity contribution in [2.75, 3.05) is 12.1 Å². The van der Waals surface area contributed by atoms with Gasteiger partial charge < -0.3 is 9.47 Å². The van der Waals surface area contributed by atoms with Crippen LogP contribution >= 0.6 is 22.7 Å². The lowest BCUT2D eigenvalue weighted by Gasteiger charge is -1.99. The first-order chi connectivity index (χ1) is 11.2. The van der Waals surface area contributed by atoms with Crippen LogP contribution < -0.4 is 14.8 Å². The average molecular weight is 346 g/mol. The fourth-order valence-electron chi connectivity index (χ4n) is 2.05. The maximum absolute atomic E-state index is 12.2. The van der Waals surface area contributed by atoms with Crippen LogP contribution in [-0.4, -0.2) is 27.9 Å². The zero-order chi connectivity index (χ0) is 15.8. The molecule has 116 valence electrons. The molecule has 7 nitrogen and oxygen atoms in total. The Balaban J connectivity index is 1.55. The van der Waals surface area contributed by atoms with E-state index in [0.29, 0.717) is 15.8 Å². The van der Waals surface area contributed by atoms with Gasteiger partial charge in [-0.2, -0.15) is 0 Å². The summed E-state index contributed by atoms with van der Waals surface area (Å²) >= 11 is 2.63. The van der Waals surface area contributed by atoms with Crippen LogP contribution in [0.3, 0.4) is 0 Å². The predicted octanol–water partition coefficient (Wildman–Crippen LogP) is 2.95. The molecule has 1 aliphatic heterocycles. The van der Waals surface area contributed by atoms with E-state index in [9.17, 15) is 4.79 Å². The number of hydrogen-bond donors (Lipinski definition) is 1. The number of carbonyl (C=O) groups is 1. The van der Waals surface area contributed by atoms with Crippen LogP contribution in [0.25, 0.3) is 10.6 Å². The minimum atomic E-state index is -0.245. The van der Waals surface area contributed by atoms with E-state index in [1.54, 1.807) is 6.20 Å². The molecule has 3 heterocycles. The highest BCUT2D eigenvalue weighted by Crippen LogP contribution is 2.37. The summed E-state index contributed by atoms with van der Waals surface area (Å²) in [6.07, 6.45) is 1.55. The molecule has 0 atom stereocenters. The molecule has 23 heavy (non-hydrogen) atoms. The first kappa shape index (κ1) is 14.1.